The van der Waals surface area contributed by atoms with Crippen LogP contribution in [0.1, 0.15) is 31.8 Å². The van der Waals surface area contributed by atoms with Gasteiger partial charge in [0.05, 0.1) is 35.4 Å². The molecule has 0 atom stereocenters. The molecule has 0 spiro atoms. The van der Waals surface area contributed by atoms with Gasteiger partial charge in [-0.05, 0) is 47.5 Å². The van der Waals surface area contributed by atoms with Gasteiger partial charge >= 0.3 is 0 Å². The molecule has 4 aromatic carbocycles. The Labute approximate surface area is 285 Å². The van der Waals surface area contributed by atoms with Crippen LogP contribution in [0.25, 0.3) is 20.9 Å². The number of anilines is 2. The average molecular weight is 713 g/mol. The normalized spacial score (nSPS) is 15.9. The van der Waals surface area contributed by atoms with Crippen LogP contribution in [-0.2, 0) is 20.2 Å². The van der Waals surface area contributed by atoms with Crippen molar-refractivity contribution < 1.29 is 45.0 Å². The third-order valence-electron chi connectivity index (χ3n) is 7.74. The number of ether oxygens (including phenoxy) is 2. The van der Waals surface area contributed by atoms with Crippen LogP contribution in [0.3, 0.4) is 0 Å². The molecular formula is C34H24N4O10S2-2. The Hall–Kier alpha value is -5.94. The molecule has 0 radical (unpaired) electrons. The standard InChI is InChI=1S/C34H26N4O10S2/c1-47-29-15-19(11-13-25(29)35-37-27-17-31(49(41,42)43)21-7-3-5-9-23(21)33(27)39)20-12-14-26(30(16-20)48-2)36-38-28-18-32(50(44,45)46)22-8-4-6-10-24(22)34(28)40/h3-18,35-36H,1-2H3,(H,41,42,43)(H,44,45,46)/p-2. The smallest absolute Gasteiger partial charge is 0.213 e. The van der Waals surface area contributed by atoms with Crippen molar-refractivity contribution in [1.82, 2.24) is 0 Å². The Morgan fingerprint density at radius 1 is 0.560 bits per heavy atom. The molecule has 0 aromatic heterocycles. The second kappa shape index (κ2) is 13.2. The summed E-state index contributed by atoms with van der Waals surface area (Å²) in [5.74, 6) is -0.551. The van der Waals surface area contributed by atoms with E-state index in [0.29, 0.717) is 34.0 Å². The molecular weight excluding hydrogens is 689 g/mol. The number of Topliss-reactive ketones (excluding diaryl/α,β-unsaturated/α-hetero) is 2. The topological polar surface area (TPSA) is 216 Å². The van der Waals surface area contributed by atoms with Crippen LogP contribution < -0.4 is 20.3 Å². The average Bonchev–Trinajstić information content (AvgIpc) is 3.10. The Balaban J connectivity index is 1.26. The quantitative estimate of drug-likeness (QED) is 0.182. The molecule has 0 unspecified atom stereocenters. The number of hydrogen-bond acceptors (Lipinski definition) is 14. The number of rotatable bonds is 9. The second-order valence-electron chi connectivity index (χ2n) is 10.7. The maximum atomic E-state index is 13.0. The lowest BCUT2D eigenvalue weighted by Crippen LogP contribution is -2.22. The molecule has 16 heteroatoms. The molecule has 2 aliphatic rings. The zero-order valence-electron chi connectivity index (χ0n) is 26.0. The zero-order valence-corrected chi connectivity index (χ0v) is 27.7. The summed E-state index contributed by atoms with van der Waals surface area (Å²) in [5, 5.41) is 8.16. The summed E-state index contributed by atoms with van der Waals surface area (Å²) in [4.78, 5) is 24.9. The van der Waals surface area contributed by atoms with Gasteiger partial charge in [-0.3, -0.25) is 20.4 Å². The van der Waals surface area contributed by atoms with Crippen LogP contribution in [0.2, 0.25) is 0 Å². The summed E-state index contributed by atoms with van der Waals surface area (Å²) < 4.78 is 82.6. The molecule has 6 rings (SSSR count). The van der Waals surface area contributed by atoms with Gasteiger partial charge < -0.3 is 18.6 Å². The Morgan fingerprint density at radius 3 is 1.26 bits per heavy atom. The van der Waals surface area contributed by atoms with E-state index in [-0.39, 0.29) is 33.7 Å². The first kappa shape index (κ1) is 33.9. The molecule has 0 saturated heterocycles. The fraction of sp³-hybridized carbons (Fsp3) is 0.0588. The van der Waals surface area contributed by atoms with Crippen LogP contribution in [0, 0.1) is 0 Å². The number of fused-ring (bicyclic) bond motifs is 2. The van der Waals surface area contributed by atoms with Crippen LogP contribution in [0.15, 0.2) is 107 Å². The molecule has 2 N–H and O–H groups in total. The minimum absolute atomic E-state index is 0.00591. The van der Waals surface area contributed by atoms with Crippen molar-refractivity contribution >= 4 is 64.4 Å². The lowest BCUT2D eigenvalue weighted by atomic mass is 9.95. The number of hydrazone groups is 2. The van der Waals surface area contributed by atoms with E-state index in [4.69, 9.17) is 9.47 Å². The lowest BCUT2D eigenvalue weighted by Gasteiger charge is -2.20. The van der Waals surface area contributed by atoms with Crippen molar-refractivity contribution in [2.75, 3.05) is 25.1 Å². The lowest BCUT2D eigenvalue weighted by molar-refractivity contribution is 0.105. The minimum atomic E-state index is -4.91. The summed E-state index contributed by atoms with van der Waals surface area (Å²) in [6.45, 7) is 0. The van der Waals surface area contributed by atoms with E-state index in [1.807, 2.05) is 0 Å². The Morgan fingerprint density at radius 2 is 0.920 bits per heavy atom. The van der Waals surface area contributed by atoms with Gasteiger partial charge in [0.25, 0.3) is 0 Å². The molecule has 50 heavy (non-hydrogen) atoms. The second-order valence-corrected chi connectivity index (χ2v) is 13.4. The van der Waals surface area contributed by atoms with E-state index >= 15 is 0 Å². The Bertz CT molecular complexity index is 2280. The first-order valence-corrected chi connectivity index (χ1v) is 17.3. The van der Waals surface area contributed by atoms with E-state index in [9.17, 15) is 35.5 Å². The van der Waals surface area contributed by atoms with Crippen molar-refractivity contribution in [3.8, 4) is 22.6 Å². The number of carbonyl (C=O) groups is 2. The number of nitrogens with one attached hydrogen (secondary N) is 2. The van der Waals surface area contributed by atoms with E-state index < -0.39 is 41.6 Å². The minimum Gasteiger partial charge on any atom is -0.744 e. The fourth-order valence-corrected chi connectivity index (χ4v) is 6.76. The number of methoxy groups -OCH3 is 2. The molecule has 0 fully saturated rings. The van der Waals surface area contributed by atoms with Gasteiger partial charge in [-0.15, -0.1) is 0 Å². The van der Waals surface area contributed by atoms with Gasteiger partial charge in [-0.25, -0.2) is 16.8 Å². The highest BCUT2D eigenvalue weighted by atomic mass is 32.2. The SMILES string of the molecule is COc1cc(-c2ccc(NN=C3C=C(S(=O)(=O)[O-])c4ccccc4C3=O)c(OC)c2)ccc1NN=C1C=C(S(=O)(=O)[O-])c2ccccc2C1=O. The predicted octanol–water partition coefficient (Wildman–Crippen LogP) is 4.47. The summed E-state index contributed by atoms with van der Waals surface area (Å²) in [6.07, 6.45) is 1.86. The number of hydrogen-bond donors (Lipinski definition) is 2. The van der Waals surface area contributed by atoms with Gasteiger partial charge in [0.1, 0.15) is 43.2 Å². The number of ketones is 2. The number of benzene rings is 4. The summed E-state index contributed by atoms with van der Waals surface area (Å²) in [6, 6.07) is 21.7. The summed E-state index contributed by atoms with van der Waals surface area (Å²) in [5.41, 5.74) is 6.86. The highest BCUT2D eigenvalue weighted by molar-refractivity contribution is 7.95. The maximum absolute atomic E-state index is 13.0. The number of carbonyl (C=O) groups excluding carboxylic acids is 2. The van der Waals surface area contributed by atoms with Gasteiger partial charge in [0, 0.05) is 22.3 Å². The molecule has 254 valence electrons. The van der Waals surface area contributed by atoms with Crippen molar-refractivity contribution in [1.29, 1.82) is 0 Å². The molecule has 0 bridgehead atoms. The fourth-order valence-electron chi connectivity index (χ4n) is 5.35. The van der Waals surface area contributed by atoms with Crippen molar-refractivity contribution in [3.05, 3.63) is 119 Å². The molecule has 0 aliphatic heterocycles. The van der Waals surface area contributed by atoms with E-state index in [0.717, 1.165) is 12.2 Å². The third kappa shape index (κ3) is 6.55. The van der Waals surface area contributed by atoms with Crippen LogP contribution in [-0.4, -0.2) is 63.2 Å². The van der Waals surface area contributed by atoms with Gasteiger partial charge in [0.2, 0.25) is 11.6 Å². The molecule has 2 aliphatic carbocycles. The molecule has 14 nitrogen and oxygen atoms in total. The molecule has 0 amide bonds. The van der Waals surface area contributed by atoms with Gasteiger partial charge in [0.15, 0.2) is 0 Å². The maximum Gasteiger partial charge on any atom is 0.213 e. The summed E-state index contributed by atoms with van der Waals surface area (Å²) >= 11 is 0. The van der Waals surface area contributed by atoms with E-state index in [2.05, 4.69) is 21.1 Å². The van der Waals surface area contributed by atoms with Crippen molar-refractivity contribution in [2.24, 2.45) is 10.2 Å². The van der Waals surface area contributed by atoms with Crippen LogP contribution >= 0.6 is 0 Å². The first-order chi connectivity index (χ1) is 23.8. The highest BCUT2D eigenvalue weighted by Crippen LogP contribution is 2.36. The number of allylic oxidation sites excluding steroid dienone is 2. The summed E-state index contributed by atoms with van der Waals surface area (Å²) in [7, 11) is -7.00. The molecule has 0 saturated carbocycles. The zero-order chi connectivity index (χ0) is 35.8. The monoisotopic (exact) mass is 712 g/mol. The Kier molecular flexibility index (Phi) is 8.94. The molecule has 0 heterocycles. The number of nitrogens with zero attached hydrogens (tertiary/aromatic N) is 2. The van der Waals surface area contributed by atoms with E-state index in [1.165, 1.54) is 50.6 Å². The first-order valence-electron chi connectivity index (χ1n) is 14.5. The predicted molar refractivity (Wildman–Crippen MR) is 184 cm³/mol. The van der Waals surface area contributed by atoms with Crippen molar-refractivity contribution in [2.45, 2.75) is 0 Å². The van der Waals surface area contributed by atoms with Crippen molar-refractivity contribution in [3.63, 3.8) is 0 Å². The largest absolute Gasteiger partial charge is 0.744 e. The third-order valence-corrected chi connectivity index (χ3v) is 9.50. The van der Waals surface area contributed by atoms with Crippen LogP contribution in [0.4, 0.5) is 11.4 Å². The van der Waals surface area contributed by atoms with Gasteiger partial charge in [-0.1, -0.05) is 60.7 Å². The molecule has 4 aromatic rings. The highest BCUT2D eigenvalue weighted by Gasteiger charge is 2.28. The van der Waals surface area contributed by atoms with Crippen LogP contribution in [0.5, 0.6) is 11.5 Å². The van der Waals surface area contributed by atoms with E-state index in [1.54, 1.807) is 48.5 Å². The van der Waals surface area contributed by atoms with Gasteiger partial charge in [-0.2, -0.15) is 10.2 Å².